The van der Waals surface area contributed by atoms with Crippen molar-refractivity contribution in [1.29, 1.82) is 5.26 Å². The monoisotopic (exact) mass is 823 g/mol. The first-order chi connectivity index (χ1) is 29.0. The lowest BCUT2D eigenvalue weighted by molar-refractivity contribution is -0.107. The maximum Gasteiger partial charge on any atom is 0.322 e. The molecule has 4 heterocycles. The molecule has 0 radical (unpaired) electrons. The average Bonchev–Trinajstić information content (AvgIpc) is 3.82. The number of piperidine rings is 1. The van der Waals surface area contributed by atoms with Gasteiger partial charge in [0.1, 0.15) is 29.5 Å². The molecule has 3 aliphatic rings. The van der Waals surface area contributed by atoms with Gasteiger partial charge in [0.2, 0.25) is 0 Å². The summed E-state index contributed by atoms with van der Waals surface area (Å²) in [5.74, 6) is -0.804. The number of nitrogens with zero attached hydrogens (tertiary/aromatic N) is 7. The normalized spacial score (nSPS) is 20.1. The summed E-state index contributed by atoms with van der Waals surface area (Å²) in [5.41, 5.74) is 7.06. The molecule has 60 heavy (non-hydrogen) atoms. The number of hydrogen-bond acceptors (Lipinski definition) is 10. The van der Waals surface area contributed by atoms with E-state index in [9.17, 15) is 24.0 Å². The van der Waals surface area contributed by atoms with Crippen LogP contribution in [0.3, 0.4) is 0 Å². The molecule has 1 aliphatic carbocycles. The van der Waals surface area contributed by atoms with E-state index in [0.717, 1.165) is 69.5 Å². The van der Waals surface area contributed by atoms with E-state index in [-0.39, 0.29) is 64.7 Å². The second-order valence-corrected chi connectivity index (χ2v) is 15.6. The minimum absolute atomic E-state index is 0.0593. The van der Waals surface area contributed by atoms with Gasteiger partial charge in [0, 0.05) is 51.6 Å². The van der Waals surface area contributed by atoms with E-state index in [2.05, 4.69) is 20.3 Å². The predicted molar refractivity (Wildman–Crippen MR) is 224 cm³/mol. The fraction of sp³-hybridized carbons (Fsp3) is 0.455. The molecule has 3 N–H and O–H groups in total. The summed E-state index contributed by atoms with van der Waals surface area (Å²) in [6, 6.07) is 12.1. The molecule has 1 atom stereocenters. The van der Waals surface area contributed by atoms with E-state index in [4.69, 9.17) is 15.2 Å². The van der Waals surface area contributed by atoms with E-state index >= 15 is 4.39 Å². The lowest BCUT2D eigenvalue weighted by atomic mass is 9.79. The number of likely N-dealkylation sites (tertiary alicyclic amines) is 1. The van der Waals surface area contributed by atoms with E-state index in [1.54, 1.807) is 34.8 Å². The number of hydrogen-bond donors (Lipinski definition) is 2. The van der Waals surface area contributed by atoms with Crippen molar-refractivity contribution in [2.24, 2.45) is 7.05 Å². The third-order valence-corrected chi connectivity index (χ3v) is 12.3. The van der Waals surface area contributed by atoms with Crippen LogP contribution in [-0.2, 0) is 16.6 Å². The Hall–Kier alpha value is -5.92. The first-order valence-electron chi connectivity index (χ1n) is 20.7. The molecule has 14 nitrogen and oxygen atoms in total. The number of aryl methyl sites for hydroxylation is 1. The van der Waals surface area contributed by atoms with Crippen molar-refractivity contribution >= 4 is 45.6 Å². The number of nitrogens with one attached hydrogen (secondary N) is 1. The highest BCUT2D eigenvalue weighted by Crippen LogP contribution is 2.44. The standard InChI is InChI=1S/C42H45F2N9O5.C2H6/c1-47-41(56)52(14-3-17-54)39-31-19-34(44)29(20-37(31)50(2)49-39)25-4-6-26(7-5-25)51-15-12-42(13-16-51)21-27(23-57-42)53-24-48-36-11-8-28(18-30(36)40(53)55)58-38-32(22-45)35(46)10-9-33(38)43;1-2/h8-11,17-20,24-27H,3-7,12-16,21,23,46H2,1-2H3,(H,47,56);1-2H3. The number of benzene rings is 3. The molecule has 2 saturated heterocycles. The number of nitrogens with two attached hydrogens (primary N) is 1. The fourth-order valence-corrected chi connectivity index (χ4v) is 9.15. The van der Waals surface area contributed by atoms with Crippen molar-refractivity contribution in [2.75, 3.05) is 43.9 Å². The van der Waals surface area contributed by atoms with Gasteiger partial charge in [-0.2, -0.15) is 10.4 Å². The summed E-state index contributed by atoms with van der Waals surface area (Å²) < 4.78 is 46.0. The Kier molecular flexibility index (Phi) is 12.5. The highest BCUT2D eigenvalue weighted by atomic mass is 19.1. The number of aldehydes is 1. The van der Waals surface area contributed by atoms with E-state index in [1.165, 1.54) is 30.1 Å². The number of amides is 2. The summed E-state index contributed by atoms with van der Waals surface area (Å²) in [6.45, 7) is 6.24. The Labute approximate surface area is 346 Å². The number of carbonyl (C=O) groups is 2. The maximum atomic E-state index is 15.8. The largest absolute Gasteiger partial charge is 0.453 e. The van der Waals surface area contributed by atoms with Crippen molar-refractivity contribution in [3.05, 3.63) is 81.9 Å². The number of ether oxygens (including phenoxy) is 2. The zero-order valence-electron chi connectivity index (χ0n) is 34.4. The summed E-state index contributed by atoms with van der Waals surface area (Å²) in [7, 11) is 3.28. The first-order valence-corrected chi connectivity index (χ1v) is 20.7. The van der Waals surface area contributed by atoms with Crippen molar-refractivity contribution in [2.45, 2.75) is 88.8 Å². The Morgan fingerprint density at radius 2 is 1.83 bits per heavy atom. The van der Waals surface area contributed by atoms with E-state index in [0.29, 0.717) is 46.7 Å². The Balaban J connectivity index is 0.00000268. The molecule has 5 aromatic rings. The molecule has 0 bridgehead atoms. The number of urea groups is 1. The maximum absolute atomic E-state index is 15.8. The molecule has 1 saturated carbocycles. The van der Waals surface area contributed by atoms with Crippen LogP contribution >= 0.6 is 0 Å². The minimum Gasteiger partial charge on any atom is -0.453 e. The number of fused-ring (bicyclic) bond motifs is 2. The summed E-state index contributed by atoms with van der Waals surface area (Å²) in [6.07, 6.45) is 8.34. The zero-order valence-corrected chi connectivity index (χ0v) is 34.4. The Morgan fingerprint density at radius 1 is 1.08 bits per heavy atom. The molecule has 316 valence electrons. The molecule has 2 aromatic heterocycles. The van der Waals surface area contributed by atoms with Gasteiger partial charge in [0.05, 0.1) is 46.7 Å². The molecule has 16 heteroatoms. The lowest BCUT2D eigenvalue weighted by Crippen LogP contribution is -2.49. The highest BCUT2D eigenvalue weighted by molar-refractivity contribution is 6.01. The number of nitriles is 1. The van der Waals surface area contributed by atoms with Gasteiger partial charge in [-0.15, -0.1) is 0 Å². The van der Waals surface area contributed by atoms with Gasteiger partial charge >= 0.3 is 6.03 Å². The van der Waals surface area contributed by atoms with Crippen molar-refractivity contribution < 1.29 is 27.8 Å². The van der Waals surface area contributed by atoms with Crippen molar-refractivity contribution in [3.8, 4) is 17.6 Å². The van der Waals surface area contributed by atoms with Crippen molar-refractivity contribution in [3.63, 3.8) is 0 Å². The second-order valence-electron chi connectivity index (χ2n) is 15.6. The van der Waals surface area contributed by atoms with Crippen LogP contribution in [0.5, 0.6) is 11.5 Å². The van der Waals surface area contributed by atoms with E-state index in [1.807, 2.05) is 26.0 Å². The van der Waals surface area contributed by atoms with Crippen molar-refractivity contribution in [1.82, 2.24) is 29.5 Å². The minimum atomic E-state index is -0.742. The molecule has 8 rings (SSSR count). The Morgan fingerprint density at radius 3 is 2.53 bits per heavy atom. The van der Waals surface area contributed by atoms with Gasteiger partial charge in [-0.1, -0.05) is 13.8 Å². The third kappa shape index (κ3) is 8.03. The smallest absolute Gasteiger partial charge is 0.322 e. The SMILES string of the molecule is CC.CNC(=O)N(CCC=O)c1nn(C)c2cc(C3CCC(N4CCC5(CC4)CC(n4cnc6ccc(Oc7c(F)ccc(N)c7C#N)cc6c4=O)CO5)CC3)c(F)cc12. The molecule has 1 unspecified atom stereocenters. The van der Waals surface area contributed by atoms with Crippen LogP contribution in [0.25, 0.3) is 21.8 Å². The number of anilines is 2. The predicted octanol–water partition coefficient (Wildman–Crippen LogP) is 7.09. The third-order valence-electron chi connectivity index (χ3n) is 12.3. The highest BCUT2D eigenvalue weighted by Gasteiger charge is 2.45. The lowest BCUT2D eigenvalue weighted by Gasteiger charge is -2.44. The fourth-order valence-electron chi connectivity index (χ4n) is 9.15. The number of rotatable bonds is 9. The van der Waals surface area contributed by atoms with Crippen LogP contribution in [0.4, 0.5) is 25.1 Å². The molecular formula is C44H51F2N9O5. The zero-order chi connectivity index (χ0) is 42.7. The molecule has 3 fully saturated rings. The first kappa shape index (κ1) is 42.2. The number of halogens is 2. The van der Waals surface area contributed by atoms with Crippen LogP contribution in [0.2, 0.25) is 0 Å². The van der Waals surface area contributed by atoms with Gasteiger partial charge in [0.25, 0.3) is 5.56 Å². The summed E-state index contributed by atoms with van der Waals surface area (Å²) >= 11 is 0. The van der Waals surface area contributed by atoms with Crippen LogP contribution < -0.4 is 26.2 Å². The Bertz CT molecular complexity index is 2500. The number of aromatic nitrogens is 4. The molecule has 2 amide bonds. The molecule has 1 spiro atoms. The number of carbonyl (C=O) groups excluding carboxylic acids is 2. The summed E-state index contributed by atoms with van der Waals surface area (Å²) in [4.78, 5) is 45.9. The van der Waals surface area contributed by atoms with Crippen LogP contribution in [0, 0.1) is 23.0 Å². The van der Waals surface area contributed by atoms with E-state index < -0.39 is 11.8 Å². The van der Waals surface area contributed by atoms with Gasteiger partial charge in [-0.25, -0.2) is 18.6 Å². The average molecular weight is 824 g/mol. The molecule has 2 aliphatic heterocycles. The van der Waals surface area contributed by atoms with Gasteiger partial charge < -0.3 is 30.2 Å². The van der Waals surface area contributed by atoms with Gasteiger partial charge in [0.15, 0.2) is 17.4 Å². The second kappa shape index (κ2) is 17.7. The van der Waals surface area contributed by atoms with Gasteiger partial charge in [-0.05, 0) is 98.9 Å². The van der Waals surface area contributed by atoms with Gasteiger partial charge in [-0.3, -0.25) is 18.9 Å². The number of nitrogen functional groups attached to an aromatic ring is 1. The van der Waals surface area contributed by atoms with Crippen LogP contribution in [0.15, 0.2) is 53.6 Å². The van der Waals surface area contributed by atoms with Crippen LogP contribution in [0.1, 0.15) is 88.3 Å². The van der Waals surface area contributed by atoms with Crippen LogP contribution in [-0.4, -0.2) is 81.5 Å². The topological polar surface area (TPSA) is 174 Å². The molecule has 3 aromatic carbocycles. The summed E-state index contributed by atoms with van der Waals surface area (Å²) in [5, 5.41) is 17.5. The molecular weight excluding hydrogens is 773 g/mol. The quantitative estimate of drug-likeness (QED) is 0.115.